The number of nitrogens with one attached hydrogen (secondary N) is 2. The molecule has 2 aromatic rings. The van der Waals surface area contributed by atoms with E-state index in [1.165, 1.54) is 22.5 Å². The second-order valence-electron chi connectivity index (χ2n) is 6.69. The zero-order valence-electron chi connectivity index (χ0n) is 15.6. The van der Waals surface area contributed by atoms with Gasteiger partial charge >= 0.3 is 11.9 Å². The minimum atomic E-state index is -1.02. The number of carboxylic acids is 1. The average molecular weight is 423 g/mol. The van der Waals surface area contributed by atoms with Crippen molar-refractivity contribution in [3.8, 4) is 5.75 Å². The molecule has 0 aliphatic carbocycles. The Bertz CT molecular complexity index is 868. The third-order valence-corrected chi connectivity index (χ3v) is 6.06. The third-order valence-electron chi connectivity index (χ3n) is 4.66. The number of rotatable bonds is 7. The predicted octanol–water partition coefficient (Wildman–Crippen LogP) is 4.03. The molecule has 0 saturated heterocycles. The monoisotopic (exact) mass is 422 g/mol. The van der Waals surface area contributed by atoms with Crippen LogP contribution < -0.4 is 15.4 Å². The molecule has 2 heterocycles. The fourth-order valence-electron chi connectivity index (χ4n) is 3.27. The summed E-state index contributed by atoms with van der Waals surface area (Å²) in [6.07, 6.45) is 1.46. The fraction of sp³-hybridized carbons (Fsp3) is 0.400. The number of carbonyl (C=O) groups is 2. The molecule has 8 heteroatoms. The number of ether oxygens (including phenoxy) is 1. The molecule has 0 spiro atoms. The molecule has 0 radical (unpaired) electrons. The smallest absolute Gasteiger partial charge is 0.311 e. The number of hydrogen-bond donors (Lipinski definition) is 3. The SMILES string of the molecule is CC(Nc1c(Cl)ccc2c1CCNCC2)c1sccc1OC(=O)CCC(=O)O. The number of halogens is 1. The lowest BCUT2D eigenvalue weighted by Gasteiger charge is -2.21. The molecule has 1 aliphatic heterocycles. The minimum Gasteiger partial charge on any atom is -0.481 e. The van der Waals surface area contributed by atoms with Gasteiger partial charge in [0, 0.05) is 0 Å². The van der Waals surface area contributed by atoms with E-state index in [1.807, 2.05) is 18.4 Å². The minimum absolute atomic E-state index is 0.123. The topological polar surface area (TPSA) is 87.7 Å². The standard InChI is InChI=1S/C20H23ClN2O4S/c1-12(20-16(8-11-28-20)27-18(26)5-4-17(24)25)23-19-14-7-10-22-9-6-13(14)2-3-15(19)21/h2-3,8,11-12,22-23H,4-7,9-10H2,1H3,(H,24,25). The van der Waals surface area contributed by atoms with Gasteiger partial charge in [-0.15, -0.1) is 11.3 Å². The van der Waals surface area contributed by atoms with Crippen LogP contribution in [-0.2, 0) is 22.4 Å². The van der Waals surface area contributed by atoms with E-state index in [1.54, 1.807) is 6.07 Å². The van der Waals surface area contributed by atoms with Gasteiger partial charge in [0.1, 0.15) is 5.75 Å². The lowest BCUT2D eigenvalue weighted by Crippen LogP contribution is -2.16. The predicted molar refractivity (Wildman–Crippen MR) is 111 cm³/mol. The van der Waals surface area contributed by atoms with Crippen molar-refractivity contribution in [2.24, 2.45) is 0 Å². The molecule has 28 heavy (non-hydrogen) atoms. The summed E-state index contributed by atoms with van der Waals surface area (Å²) in [5.74, 6) is -1.11. The summed E-state index contributed by atoms with van der Waals surface area (Å²) in [6.45, 7) is 3.85. The Kier molecular flexibility index (Phi) is 6.93. The summed E-state index contributed by atoms with van der Waals surface area (Å²) in [5, 5.41) is 18.1. The third kappa shape index (κ3) is 5.04. The lowest BCUT2D eigenvalue weighted by molar-refractivity contribution is -0.142. The molecule has 3 N–H and O–H groups in total. The normalized spacial score (nSPS) is 14.6. The van der Waals surface area contributed by atoms with Gasteiger partial charge in [-0.1, -0.05) is 17.7 Å². The van der Waals surface area contributed by atoms with Gasteiger partial charge in [-0.25, -0.2) is 0 Å². The van der Waals surface area contributed by atoms with Crippen molar-refractivity contribution in [3.05, 3.63) is 44.6 Å². The zero-order chi connectivity index (χ0) is 20.1. The summed E-state index contributed by atoms with van der Waals surface area (Å²) in [7, 11) is 0. The molecule has 6 nitrogen and oxygen atoms in total. The molecule has 0 fully saturated rings. The van der Waals surface area contributed by atoms with Crippen molar-refractivity contribution < 1.29 is 19.4 Å². The summed E-state index contributed by atoms with van der Waals surface area (Å²) in [4.78, 5) is 23.4. The number of thiophene rings is 1. The number of carboxylic acid groups (broad SMARTS) is 1. The number of anilines is 1. The van der Waals surface area contributed by atoms with Crippen molar-refractivity contribution in [3.63, 3.8) is 0 Å². The molecule has 1 unspecified atom stereocenters. The Labute approximate surface area is 172 Å². The first kappa shape index (κ1) is 20.6. The quantitative estimate of drug-likeness (QED) is 0.584. The molecule has 1 aliphatic rings. The molecule has 0 amide bonds. The van der Waals surface area contributed by atoms with E-state index in [4.69, 9.17) is 21.4 Å². The van der Waals surface area contributed by atoms with Gasteiger partial charge in [0.15, 0.2) is 0 Å². The van der Waals surface area contributed by atoms with Crippen LogP contribution in [0.25, 0.3) is 0 Å². The van der Waals surface area contributed by atoms with E-state index in [0.29, 0.717) is 10.8 Å². The van der Waals surface area contributed by atoms with Crippen LogP contribution in [0.5, 0.6) is 5.75 Å². The average Bonchev–Trinajstić information content (AvgIpc) is 2.98. The van der Waals surface area contributed by atoms with E-state index in [9.17, 15) is 9.59 Å². The number of aliphatic carboxylic acids is 1. The second kappa shape index (κ2) is 9.41. The van der Waals surface area contributed by atoms with Crippen molar-refractivity contribution in [1.82, 2.24) is 5.32 Å². The Morgan fingerprint density at radius 2 is 2.07 bits per heavy atom. The second-order valence-corrected chi connectivity index (χ2v) is 8.05. The first-order valence-corrected chi connectivity index (χ1v) is 10.5. The first-order valence-electron chi connectivity index (χ1n) is 9.23. The summed E-state index contributed by atoms with van der Waals surface area (Å²) in [5.41, 5.74) is 3.43. The van der Waals surface area contributed by atoms with Crippen LogP contribution in [-0.4, -0.2) is 30.1 Å². The van der Waals surface area contributed by atoms with Crippen molar-refractivity contribution >= 4 is 40.6 Å². The van der Waals surface area contributed by atoms with E-state index in [-0.39, 0.29) is 18.9 Å². The van der Waals surface area contributed by atoms with Gasteiger partial charge in [-0.2, -0.15) is 0 Å². The maximum atomic E-state index is 11.9. The highest BCUT2D eigenvalue weighted by atomic mass is 35.5. The molecule has 1 atom stereocenters. The van der Waals surface area contributed by atoms with E-state index in [0.717, 1.165) is 36.5 Å². The molecule has 3 rings (SSSR count). The number of benzene rings is 1. The summed E-state index contributed by atoms with van der Waals surface area (Å²) < 4.78 is 5.38. The highest BCUT2D eigenvalue weighted by Gasteiger charge is 2.20. The van der Waals surface area contributed by atoms with Gasteiger partial charge in [-0.3, -0.25) is 9.59 Å². The Balaban J connectivity index is 1.76. The summed E-state index contributed by atoms with van der Waals surface area (Å²) in [6, 6.07) is 5.61. The molecule has 1 aromatic heterocycles. The zero-order valence-corrected chi connectivity index (χ0v) is 17.2. The van der Waals surface area contributed by atoms with Crippen LogP contribution in [0, 0.1) is 0 Å². The first-order chi connectivity index (χ1) is 13.5. The van der Waals surface area contributed by atoms with Gasteiger partial charge < -0.3 is 20.5 Å². The molecule has 0 bridgehead atoms. The van der Waals surface area contributed by atoms with Crippen LogP contribution in [0.3, 0.4) is 0 Å². The van der Waals surface area contributed by atoms with Crippen molar-refractivity contribution in [1.29, 1.82) is 0 Å². The van der Waals surface area contributed by atoms with Gasteiger partial charge in [0.2, 0.25) is 0 Å². The fourth-order valence-corrected chi connectivity index (χ4v) is 4.33. The van der Waals surface area contributed by atoms with Gasteiger partial charge in [0.25, 0.3) is 0 Å². The van der Waals surface area contributed by atoms with Crippen molar-refractivity contribution in [2.75, 3.05) is 18.4 Å². The molecule has 1 aromatic carbocycles. The van der Waals surface area contributed by atoms with E-state index >= 15 is 0 Å². The molecular formula is C20H23ClN2O4S. The van der Waals surface area contributed by atoms with Gasteiger partial charge in [0.05, 0.1) is 34.5 Å². The number of fused-ring (bicyclic) bond motifs is 1. The van der Waals surface area contributed by atoms with Crippen LogP contribution in [0.2, 0.25) is 5.02 Å². The molecule has 150 valence electrons. The lowest BCUT2D eigenvalue weighted by atomic mass is 10.0. The highest BCUT2D eigenvalue weighted by Crippen LogP contribution is 2.37. The Morgan fingerprint density at radius 3 is 2.86 bits per heavy atom. The molecular weight excluding hydrogens is 400 g/mol. The highest BCUT2D eigenvalue weighted by molar-refractivity contribution is 7.10. The number of esters is 1. The van der Waals surface area contributed by atoms with Crippen LogP contribution in [0.1, 0.15) is 41.8 Å². The van der Waals surface area contributed by atoms with Crippen LogP contribution in [0.15, 0.2) is 23.6 Å². The Hall–Kier alpha value is -2.09. The Morgan fingerprint density at radius 1 is 1.29 bits per heavy atom. The maximum absolute atomic E-state index is 11.9. The van der Waals surface area contributed by atoms with Crippen molar-refractivity contribution in [2.45, 2.75) is 38.6 Å². The number of carbonyl (C=O) groups excluding carboxylic acids is 1. The molecule has 0 saturated carbocycles. The summed E-state index contributed by atoms with van der Waals surface area (Å²) >= 11 is 7.97. The number of hydrogen-bond acceptors (Lipinski definition) is 6. The maximum Gasteiger partial charge on any atom is 0.311 e. The van der Waals surface area contributed by atoms with Crippen LogP contribution >= 0.6 is 22.9 Å². The van der Waals surface area contributed by atoms with Gasteiger partial charge in [-0.05, 0) is 61.5 Å². The van der Waals surface area contributed by atoms with E-state index in [2.05, 4.69) is 16.7 Å². The largest absolute Gasteiger partial charge is 0.481 e. The van der Waals surface area contributed by atoms with Crippen LogP contribution in [0.4, 0.5) is 5.69 Å². The van der Waals surface area contributed by atoms with E-state index < -0.39 is 11.9 Å².